The molecule has 0 aromatic heterocycles. The molecule has 0 amide bonds. The van der Waals surface area contributed by atoms with Gasteiger partial charge >= 0.3 is 17.9 Å². The molecule has 0 radical (unpaired) electrons. The summed E-state index contributed by atoms with van der Waals surface area (Å²) in [6, 6.07) is 0. The maximum atomic E-state index is 12.7. The van der Waals surface area contributed by atoms with Gasteiger partial charge in [-0.3, -0.25) is 29.1 Å². The summed E-state index contributed by atoms with van der Waals surface area (Å²) >= 11 is 0. The van der Waals surface area contributed by atoms with E-state index in [0.717, 1.165) is 12.8 Å². The number of carbonyl (C=O) groups excluding carboxylic acids is 3. The molecule has 0 aromatic rings. The van der Waals surface area contributed by atoms with E-state index in [4.69, 9.17) is 14.2 Å². The standard InChI is InChI=1S/C28H54N4O6/c1-10-11-28(8,9)38-25(35)22-31-15-13-29-12-14-30(20-23(33)36-26(2,3)4)16-18-32(19-17-31)21-24(34)37-27(5,6)7/h29H,10-22H2,1-9H3. The zero-order valence-electron chi connectivity index (χ0n) is 25.5. The van der Waals surface area contributed by atoms with Gasteiger partial charge in [0.05, 0.1) is 19.6 Å². The monoisotopic (exact) mass is 542 g/mol. The first-order valence-electron chi connectivity index (χ1n) is 14.0. The van der Waals surface area contributed by atoms with Crippen LogP contribution in [0.15, 0.2) is 0 Å². The van der Waals surface area contributed by atoms with Crippen LogP contribution in [0.25, 0.3) is 0 Å². The molecule has 0 bridgehead atoms. The van der Waals surface area contributed by atoms with E-state index in [1.165, 1.54) is 0 Å². The van der Waals surface area contributed by atoms with Crippen LogP contribution in [0.2, 0.25) is 0 Å². The van der Waals surface area contributed by atoms with Gasteiger partial charge in [0, 0.05) is 52.4 Å². The van der Waals surface area contributed by atoms with Crippen molar-refractivity contribution in [2.75, 3.05) is 72.0 Å². The molecule has 222 valence electrons. The van der Waals surface area contributed by atoms with Crippen molar-refractivity contribution in [1.82, 2.24) is 20.0 Å². The number of esters is 3. The number of rotatable bonds is 9. The van der Waals surface area contributed by atoms with Gasteiger partial charge in [-0.05, 0) is 61.8 Å². The highest BCUT2D eigenvalue weighted by Gasteiger charge is 2.25. The van der Waals surface area contributed by atoms with Crippen LogP contribution in [-0.4, -0.2) is 121 Å². The smallest absolute Gasteiger partial charge is 0.320 e. The van der Waals surface area contributed by atoms with Gasteiger partial charge in [0.25, 0.3) is 0 Å². The second kappa shape index (κ2) is 15.7. The van der Waals surface area contributed by atoms with E-state index in [1.807, 2.05) is 60.3 Å². The molecule has 1 N–H and O–H groups in total. The summed E-state index contributed by atoms with van der Waals surface area (Å²) in [6.07, 6.45) is 1.75. The molecule has 38 heavy (non-hydrogen) atoms. The van der Waals surface area contributed by atoms with Crippen LogP contribution >= 0.6 is 0 Å². The van der Waals surface area contributed by atoms with Gasteiger partial charge in [-0.15, -0.1) is 0 Å². The van der Waals surface area contributed by atoms with Crippen LogP contribution in [0.1, 0.15) is 75.2 Å². The molecule has 1 heterocycles. The molecule has 1 rings (SSSR count). The third-order valence-corrected chi connectivity index (χ3v) is 5.81. The highest BCUT2D eigenvalue weighted by molar-refractivity contribution is 5.73. The van der Waals surface area contributed by atoms with Crippen LogP contribution < -0.4 is 5.32 Å². The summed E-state index contributed by atoms with van der Waals surface area (Å²) < 4.78 is 16.8. The van der Waals surface area contributed by atoms with Crippen molar-refractivity contribution in [1.29, 1.82) is 0 Å². The Bertz CT molecular complexity index is 745. The Morgan fingerprint density at radius 2 is 0.947 bits per heavy atom. The zero-order chi connectivity index (χ0) is 29.0. The largest absolute Gasteiger partial charge is 0.459 e. The first-order chi connectivity index (χ1) is 17.5. The minimum atomic E-state index is -0.570. The van der Waals surface area contributed by atoms with Crippen molar-refractivity contribution in [3.63, 3.8) is 0 Å². The van der Waals surface area contributed by atoms with E-state index in [9.17, 15) is 14.4 Å². The quantitative estimate of drug-likeness (QED) is 0.345. The molecule has 0 atom stereocenters. The maximum Gasteiger partial charge on any atom is 0.320 e. The van der Waals surface area contributed by atoms with Gasteiger partial charge in [-0.2, -0.15) is 0 Å². The molecule has 1 saturated heterocycles. The molecule has 0 aliphatic carbocycles. The molecule has 0 spiro atoms. The second-order valence-corrected chi connectivity index (χ2v) is 12.7. The van der Waals surface area contributed by atoms with Gasteiger partial charge in [0.1, 0.15) is 16.8 Å². The summed E-state index contributed by atoms with van der Waals surface area (Å²) in [5.74, 6) is -0.797. The van der Waals surface area contributed by atoms with E-state index >= 15 is 0 Å². The van der Waals surface area contributed by atoms with Crippen molar-refractivity contribution in [2.24, 2.45) is 0 Å². The van der Waals surface area contributed by atoms with E-state index < -0.39 is 16.8 Å². The van der Waals surface area contributed by atoms with Gasteiger partial charge < -0.3 is 19.5 Å². The predicted octanol–water partition coefficient (Wildman–Crippen LogP) is 2.30. The van der Waals surface area contributed by atoms with Crippen LogP contribution in [-0.2, 0) is 28.6 Å². The van der Waals surface area contributed by atoms with E-state index in [1.54, 1.807) is 0 Å². The summed E-state index contributed by atoms with van der Waals surface area (Å²) in [6.45, 7) is 22.7. The molecular weight excluding hydrogens is 488 g/mol. The minimum absolute atomic E-state index is 0.137. The fraction of sp³-hybridized carbons (Fsp3) is 0.893. The molecule has 0 unspecified atom stereocenters. The van der Waals surface area contributed by atoms with Crippen LogP contribution in [0, 0.1) is 0 Å². The molecule has 10 heteroatoms. The van der Waals surface area contributed by atoms with E-state index in [0.29, 0.717) is 52.4 Å². The van der Waals surface area contributed by atoms with Gasteiger partial charge in [-0.1, -0.05) is 13.3 Å². The summed E-state index contributed by atoms with van der Waals surface area (Å²) in [5.41, 5.74) is -1.60. The number of hydrogen-bond acceptors (Lipinski definition) is 10. The van der Waals surface area contributed by atoms with Gasteiger partial charge in [0.15, 0.2) is 0 Å². The Morgan fingerprint density at radius 1 is 0.605 bits per heavy atom. The summed E-state index contributed by atoms with van der Waals surface area (Å²) in [5, 5.41) is 3.42. The van der Waals surface area contributed by atoms with Gasteiger partial charge in [0.2, 0.25) is 0 Å². The molecular formula is C28H54N4O6. The normalized spacial score (nSPS) is 18.2. The average Bonchev–Trinajstić information content (AvgIpc) is 2.70. The van der Waals surface area contributed by atoms with Crippen molar-refractivity contribution < 1.29 is 28.6 Å². The third-order valence-electron chi connectivity index (χ3n) is 5.81. The Morgan fingerprint density at radius 3 is 1.29 bits per heavy atom. The lowest BCUT2D eigenvalue weighted by Crippen LogP contribution is -2.48. The number of ether oxygens (including phenoxy) is 3. The topological polar surface area (TPSA) is 101 Å². The van der Waals surface area contributed by atoms with Crippen molar-refractivity contribution >= 4 is 17.9 Å². The average molecular weight is 543 g/mol. The Kier molecular flexibility index (Phi) is 14.2. The van der Waals surface area contributed by atoms with Gasteiger partial charge in [-0.25, -0.2) is 0 Å². The lowest BCUT2D eigenvalue weighted by molar-refractivity contribution is -0.159. The van der Waals surface area contributed by atoms with Crippen LogP contribution in [0.4, 0.5) is 0 Å². The first kappa shape index (κ1) is 34.3. The maximum absolute atomic E-state index is 12.7. The SMILES string of the molecule is CCCC(C)(C)OC(=O)CN1CCNCCN(CC(=O)OC(C)(C)C)CCN(CC(=O)OC(C)(C)C)CC1. The summed E-state index contributed by atoms with van der Waals surface area (Å²) in [7, 11) is 0. The fourth-order valence-corrected chi connectivity index (χ4v) is 4.26. The number of carbonyl (C=O) groups is 3. The Labute approximate surface area is 230 Å². The highest BCUT2D eigenvalue weighted by atomic mass is 16.6. The molecule has 10 nitrogen and oxygen atoms in total. The number of hydrogen-bond donors (Lipinski definition) is 1. The third kappa shape index (κ3) is 17.0. The van der Waals surface area contributed by atoms with Crippen LogP contribution in [0.5, 0.6) is 0 Å². The Hall–Kier alpha value is -1.75. The van der Waals surface area contributed by atoms with E-state index in [-0.39, 0.29) is 37.5 Å². The second-order valence-electron chi connectivity index (χ2n) is 12.7. The molecule has 1 aliphatic heterocycles. The van der Waals surface area contributed by atoms with Crippen molar-refractivity contribution in [3.05, 3.63) is 0 Å². The molecule has 1 aliphatic rings. The first-order valence-corrected chi connectivity index (χ1v) is 14.0. The van der Waals surface area contributed by atoms with Crippen LogP contribution in [0.3, 0.4) is 0 Å². The van der Waals surface area contributed by atoms with Crippen molar-refractivity contribution in [3.8, 4) is 0 Å². The summed E-state index contributed by atoms with van der Waals surface area (Å²) in [4.78, 5) is 44.0. The lowest BCUT2D eigenvalue weighted by atomic mass is 10.0. The minimum Gasteiger partial charge on any atom is -0.459 e. The highest BCUT2D eigenvalue weighted by Crippen LogP contribution is 2.17. The lowest BCUT2D eigenvalue weighted by Gasteiger charge is -2.32. The number of nitrogens with zero attached hydrogens (tertiary/aromatic N) is 3. The fourth-order valence-electron chi connectivity index (χ4n) is 4.26. The zero-order valence-corrected chi connectivity index (χ0v) is 25.5. The van der Waals surface area contributed by atoms with Crippen molar-refractivity contribution in [2.45, 2.75) is 92.0 Å². The van der Waals surface area contributed by atoms with E-state index in [2.05, 4.69) is 22.0 Å². The molecule has 0 aromatic carbocycles. The molecule has 1 fully saturated rings. The Balaban J connectivity index is 2.90. The predicted molar refractivity (Wildman–Crippen MR) is 149 cm³/mol. The number of nitrogens with one attached hydrogen (secondary N) is 1. The molecule has 0 saturated carbocycles.